The van der Waals surface area contributed by atoms with Crippen molar-refractivity contribution < 1.29 is 14.5 Å². The van der Waals surface area contributed by atoms with E-state index in [1.54, 1.807) is 6.92 Å². The molecule has 1 aliphatic carbocycles. The average molecular weight is 385 g/mol. The highest BCUT2D eigenvalue weighted by atomic mass is 16.2. The number of anilines is 1. The second-order valence-electron chi connectivity index (χ2n) is 8.95. The summed E-state index contributed by atoms with van der Waals surface area (Å²) in [5.41, 5.74) is 1.94. The molecule has 1 aromatic carbocycles. The molecule has 0 bridgehead atoms. The number of fused-ring (bicyclic) bond motifs is 1. The summed E-state index contributed by atoms with van der Waals surface area (Å²) >= 11 is 0. The van der Waals surface area contributed by atoms with Crippen LogP contribution in [0.5, 0.6) is 0 Å². The van der Waals surface area contributed by atoms with Crippen molar-refractivity contribution in [3.8, 4) is 0 Å². The van der Waals surface area contributed by atoms with E-state index in [9.17, 15) is 9.59 Å². The minimum absolute atomic E-state index is 0.108. The number of quaternary nitrogens is 1. The van der Waals surface area contributed by atoms with Gasteiger partial charge in [0.15, 0.2) is 12.3 Å². The lowest BCUT2D eigenvalue weighted by molar-refractivity contribution is -0.892. The quantitative estimate of drug-likeness (QED) is 0.803. The van der Waals surface area contributed by atoms with Crippen LogP contribution in [0, 0.1) is 11.8 Å². The first kappa shape index (κ1) is 19.4. The molecule has 1 amide bonds. The Bertz CT molecular complexity index is 694. The lowest BCUT2D eigenvalue weighted by atomic mass is 9.75. The maximum atomic E-state index is 12.9. The molecule has 3 aliphatic rings. The molecule has 3 fully saturated rings. The van der Waals surface area contributed by atoms with Crippen LogP contribution in [0.2, 0.25) is 0 Å². The van der Waals surface area contributed by atoms with E-state index in [0.717, 1.165) is 56.7 Å². The molecule has 0 spiro atoms. The summed E-state index contributed by atoms with van der Waals surface area (Å²) in [6, 6.07) is 7.91. The second kappa shape index (κ2) is 8.64. The minimum Gasteiger partial charge on any atom is -0.360 e. The monoisotopic (exact) mass is 384 g/mol. The van der Waals surface area contributed by atoms with Crippen LogP contribution in [0.25, 0.3) is 0 Å². The van der Waals surface area contributed by atoms with Crippen molar-refractivity contribution in [2.24, 2.45) is 11.8 Å². The number of nitrogens with zero attached hydrogens (tertiary/aromatic N) is 2. The van der Waals surface area contributed by atoms with Gasteiger partial charge in [0.2, 0.25) is 0 Å². The Morgan fingerprint density at radius 2 is 1.64 bits per heavy atom. The number of Topliss-reactive ketones (excluding diaryl/α,β-unsaturated/α-hetero) is 1. The molecule has 5 nitrogen and oxygen atoms in total. The minimum atomic E-state index is 0.108. The molecule has 1 N–H and O–H groups in total. The summed E-state index contributed by atoms with van der Waals surface area (Å²) in [5, 5.41) is 0. The Kier molecular flexibility index (Phi) is 6.00. The van der Waals surface area contributed by atoms with Gasteiger partial charge >= 0.3 is 0 Å². The van der Waals surface area contributed by atoms with Crippen molar-refractivity contribution >= 4 is 17.4 Å². The fourth-order valence-corrected chi connectivity index (χ4v) is 5.32. The lowest BCUT2D eigenvalue weighted by Gasteiger charge is -2.41. The number of carbonyl (C=O) groups is 2. The summed E-state index contributed by atoms with van der Waals surface area (Å²) in [4.78, 5) is 30.2. The van der Waals surface area contributed by atoms with E-state index in [-0.39, 0.29) is 5.78 Å². The fourth-order valence-electron chi connectivity index (χ4n) is 5.32. The average Bonchev–Trinajstić information content (AvgIpc) is 2.74. The molecule has 28 heavy (non-hydrogen) atoms. The van der Waals surface area contributed by atoms with Crippen LogP contribution in [0.1, 0.15) is 49.4 Å². The van der Waals surface area contributed by atoms with E-state index < -0.39 is 0 Å². The predicted octanol–water partition coefficient (Wildman–Crippen LogP) is 1.63. The molecule has 2 aliphatic heterocycles. The van der Waals surface area contributed by atoms with E-state index in [4.69, 9.17) is 0 Å². The standard InChI is InChI=1S/C23H33N3O2/c1-18(27)19-6-8-22(9-7-19)25-14-12-24(13-15-25)17-23(28)26-11-10-20-4-2-3-5-21(20)16-26/h6-9,20-21H,2-5,10-17H2,1H3/p+1/t20-,21-/m0/s1. The second-order valence-corrected chi connectivity index (χ2v) is 8.95. The maximum absolute atomic E-state index is 12.9. The highest BCUT2D eigenvalue weighted by Gasteiger charge is 2.34. The van der Waals surface area contributed by atoms with Gasteiger partial charge in [-0.15, -0.1) is 0 Å². The number of benzene rings is 1. The van der Waals surface area contributed by atoms with Gasteiger partial charge in [-0.25, -0.2) is 0 Å². The van der Waals surface area contributed by atoms with Gasteiger partial charge in [-0.05, 0) is 55.9 Å². The fraction of sp³-hybridized carbons (Fsp3) is 0.652. The number of carbonyl (C=O) groups excluding carboxylic acids is 2. The predicted molar refractivity (Wildman–Crippen MR) is 111 cm³/mol. The normalized spacial score (nSPS) is 26.0. The molecule has 0 unspecified atom stereocenters. The van der Waals surface area contributed by atoms with Gasteiger partial charge in [0, 0.05) is 24.3 Å². The molecule has 0 radical (unpaired) electrons. The lowest BCUT2D eigenvalue weighted by Crippen LogP contribution is -3.16. The molecule has 4 rings (SSSR count). The van der Waals surface area contributed by atoms with E-state index in [0.29, 0.717) is 12.5 Å². The van der Waals surface area contributed by atoms with Gasteiger partial charge < -0.3 is 14.7 Å². The number of amides is 1. The van der Waals surface area contributed by atoms with Crippen LogP contribution in [-0.4, -0.2) is 62.4 Å². The zero-order valence-corrected chi connectivity index (χ0v) is 17.2. The van der Waals surface area contributed by atoms with Gasteiger partial charge in [0.05, 0.1) is 26.2 Å². The van der Waals surface area contributed by atoms with Crippen molar-refractivity contribution in [1.82, 2.24) is 4.90 Å². The first-order valence-electron chi connectivity index (χ1n) is 11.1. The Labute approximate surface area is 168 Å². The molecule has 2 heterocycles. The van der Waals surface area contributed by atoms with Crippen molar-refractivity contribution in [1.29, 1.82) is 0 Å². The molecule has 152 valence electrons. The molecule has 1 saturated carbocycles. The summed E-state index contributed by atoms with van der Waals surface area (Å²) < 4.78 is 0. The molecular formula is C23H34N3O2+. The molecule has 2 atom stereocenters. The van der Waals surface area contributed by atoms with Crippen LogP contribution < -0.4 is 9.80 Å². The molecule has 1 aromatic rings. The third-order valence-corrected chi connectivity index (χ3v) is 7.15. The maximum Gasteiger partial charge on any atom is 0.277 e. The molecule has 2 saturated heterocycles. The summed E-state index contributed by atoms with van der Waals surface area (Å²) in [5.74, 6) is 2.11. The smallest absolute Gasteiger partial charge is 0.277 e. The molecule has 0 aromatic heterocycles. The van der Waals surface area contributed by atoms with Crippen LogP contribution >= 0.6 is 0 Å². The number of hydrogen-bond donors (Lipinski definition) is 1. The molecule has 5 heteroatoms. The number of ketones is 1. The van der Waals surface area contributed by atoms with Crippen LogP contribution in [0.4, 0.5) is 5.69 Å². The first-order chi connectivity index (χ1) is 13.6. The topological polar surface area (TPSA) is 45.1 Å². The number of likely N-dealkylation sites (tertiary alicyclic amines) is 1. The Balaban J connectivity index is 1.25. The number of piperazine rings is 1. The van der Waals surface area contributed by atoms with Crippen molar-refractivity contribution in [3.05, 3.63) is 29.8 Å². The van der Waals surface area contributed by atoms with Crippen molar-refractivity contribution in [3.63, 3.8) is 0 Å². The number of rotatable bonds is 4. The summed E-state index contributed by atoms with van der Waals surface area (Å²) in [6.07, 6.45) is 6.66. The van der Waals surface area contributed by atoms with Gasteiger partial charge in [-0.3, -0.25) is 9.59 Å². The van der Waals surface area contributed by atoms with Crippen LogP contribution in [0.15, 0.2) is 24.3 Å². The third kappa shape index (κ3) is 4.40. The van der Waals surface area contributed by atoms with Gasteiger partial charge in [0.1, 0.15) is 0 Å². The number of nitrogens with one attached hydrogen (secondary N) is 1. The molecular weight excluding hydrogens is 350 g/mol. The van der Waals surface area contributed by atoms with Crippen molar-refractivity contribution in [2.75, 3.05) is 50.7 Å². The van der Waals surface area contributed by atoms with Gasteiger partial charge in [-0.1, -0.05) is 19.3 Å². The van der Waals surface area contributed by atoms with E-state index >= 15 is 0 Å². The Morgan fingerprint density at radius 3 is 2.32 bits per heavy atom. The van der Waals surface area contributed by atoms with Crippen LogP contribution in [-0.2, 0) is 4.79 Å². The highest BCUT2D eigenvalue weighted by molar-refractivity contribution is 5.94. The Morgan fingerprint density at radius 1 is 0.964 bits per heavy atom. The zero-order chi connectivity index (χ0) is 19.5. The first-order valence-corrected chi connectivity index (χ1v) is 11.1. The third-order valence-electron chi connectivity index (χ3n) is 7.15. The highest BCUT2D eigenvalue weighted by Crippen LogP contribution is 2.35. The number of piperidine rings is 1. The van der Waals surface area contributed by atoms with Crippen molar-refractivity contribution in [2.45, 2.75) is 39.0 Å². The summed E-state index contributed by atoms with van der Waals surface area (Å²) in [7, 11) is 0. The SMILES string of the molecule is CC(=O)c1ccc(N2CC[NH+](CC(=O)N3CC[C@@H]4CCCC[C@H]4C3)CC2)cc1. The van der Waals surface area contributed by atoms with E-state index in [1.165, 1.54) is 42.7 Å². The van der Waals surface area contributed by atoms with Crippen LogP contribution in [0.3, 0.4) is 0 Å². The Hall–Kier alpha value is -1.88. The van der Waals surface area contributed by atoms with E-state index in [1.807, 2.05) is 24.3 Å². The summed E-state index contributed by atoms with van der Waals surface area (Å²) in [6.45, 7) is 8.16. The van der Waals surface area contributed by atoms with E-state index in [2.05, 4.69) is 9.80 Å². The number of hydrogen-bond acceptors (Lipinski definition) is 3. The van der Waals surface area contributed by atoms with Gasteiger partial charge in [-0.2, -0.15) is 0 Å². The largest absolute Gasteiger partial charge is 0.360 e. The van der Waals surface area contributed by atoms with Gasteiger partial charge in [0.25, 0.3) is 5.91 Å². The zero-order valence-electron chi connectivity index (χ0n) is 17.2.